The molecule has 0 aliphatic rings. The lowest BCUT2D eigenvalue weighted by Crippen LogP contribution is -2.23. The van der Waals surface area contributed by atoms with Crippen LogP contribution in [-0.4, -0.2) is 44.7 Å². The third kappa shape index (κ3) is 1.90. The van der Waals surface area contributed by atoms with Crippen LogP contribution in [0.3, 0.4) is 0 Å². The molecule has 2 heterocycles. The van der Waals surface area contributed by atoms with Gasteiger partial charge in [0.25, 0.3) is 5.91 Å². The highest BCUT2D eigenvalue weighted by Gasteiger charge is 2.10. The number of imidazole rings is 1. The van der Waals surface area contributed by atoms with Crippen LogP contribution >= 0.6 is 0 Å². The number of hydrogen-bond acceptors (Lipinski definition) is 4. The van der Waals surface area contributed by atoms with Crippen molar-refractivity contribution >= 4 is 5.91 Å². The third-order valence-electron chi connectivity index (χ3n) is 2.04. The maximum Gasteiger partial charge on any atom is 0.273 e. The monoisotopic (exact) mass is 217 g/mol. The first kappa shape index (κ1) is 10.3. The van der Waals surface area contributed by atoms with Crippen LogP contribution in [0.1, 0.15) is 10.5 Å². The van der Waals surface area contributed by atoms with E-state index in [1.165, 1.54) is 4.90 Å². The second-order valence-corrected chi connectivity index (χ2v) is 3.45. The van der Waals surface area contributed by atoms with Crippen molar-refractivity contribution in [3.05, 3.63) is 36.5 Å². The fourth-order valence-electron chi connectivity index (χ4n) is 1.20. The average molecular weight is 217 g/mol. The van der Waals surface area contributed by atoms with E-state index in [1.807, 2.05) is 0 Å². The second kappa shape index (κ2) is 4.09. The van der Waals surface area contributed by atoms with Crippen LogP contribution < -0.4 is 0 Å². The lowest BCUT2D eigenvalue weighted by atomic mass is 10.3. The van der Waals surface area contributed by atoms with Gasteiger partial charge >= 0.3 is 0 Å². The number of aromatic nitrogens is 4. The Morgan fingerprint density at radius 1 is 1.31 bits per heavy atom. The number of hydrogen-bond donors (Lipinski definition) is 0. The van der Waals surface area contributed by atoms with Crippen LogP contribution in [-0.2, 0) is 0 Å². The predicted molar refractivity (Wildman–Crippen MR) is 57.2 cm³/mol. The van der Waals surface area contributed by atoms with Crippen LogP contribution in [0.2, 0.25) is 0 Å². The Morgan fingerprint density at radius 2 is 2.12 bits per heavy atom. The predicted octanol–water partition coefficient (Wildman–Crippen LogP) is 0.364. The molecule has 82 valence electrons. The Kier molecular flexibility index (Phi) is 2.63. The Bertz CT molecular complexity index is 474. The van der Waals surface area contributed by atoms with E-state index in [0.29, 0.717) is 11.5 Å². The minimum absolute atomic E-state index is 0.162. The maximum atomic E-state index is 11.5. The molecule has 6 heteroatoms. The second-order valence-electron chi connectivity index (χ2n) is 3.45. The highest BCUT2D eigenvalue weighted by Crippen LogP contribution is 2.03. The van der Waals surface area contributed by atoms with Crippen molar-refractivity contribution in [2.45, 2.75) is 0 Å². The van der Waals surface area contributed by atoms with E-state index in [2.05, 4.69) is 15.2 Å². The van der Waals surface area contributed by atoms with Gasteiger partial charge in [-0.15, -0.1) is 10.2 Å². The number of nitrogens with zero attached hydrogens (tertiary/aromatic N) is 5. The first-order valence-electron chi connectivity index (χ1n) is 4.72. The van der Waals surface area contributed by atoms with Crippen LogP contribution in [0.25, 0.3) is 5.82 Å². The van der Waals surface area contributed by atoms with E-state index in [-0.39, 0.29) is 5.91 Å². The topological polar surface area (TPSA) is 63.9 Å². The SMILES string of the molecule is CN(C)C(=O)c1ccc(-n2ccnc2)nn1. The van der Waals surface area contributed by atoms with E-state index >= 15 is 0 Å². The van der Waals surface area contributed by atoms with Crippen molar-refractivity contribution in [3.63, 3.8) is 0 Å². The standard InChI is InChI=1S/C10H11N5O/c1-14(2)10(16)8-3-4-9(13-12-8)15-6-5-11-7-15/h3-7H,1-2H3. The molecular formula is C10H11N5O. The molecule has 0 spiro atoms. The first-order chi connectivity index (χ1) is 7.68. The normalized spacial score (nSPS) is 10.1. The lowest BCUT2D eigenvalue weighted by molar-refractivity contribution is 0.0821. The number of rotatable bonds is 2. The summed E-state index contributed by atoms with van der Waals surface area (Å²) in [6.45, 7) is 0. The summed E-state index contributed by atoms with van der Waals surface area (Å²) in [4.78, 5) is 16.9. The zero-order chi connectivity index (χ0) is 11.5. The minimum atomic E-state index is -0.162. The molecule has 16 heavy (non-hydrogen) atoms. The largest absolute Gasteiger partial charge is 0.343 e. The van der Waals surface area contributed by atoms with Gasteiger partial charge in [0.15, 0.2) is 11.5 Å². The van der Waals surface area contributed by atoms with Gasteiger partial charge in [-0.2, -0.15) is 0 Å². The number of carbonyl (C=O) groups is 1. The summed E-state index contributed by atoms with van der Waals surface area (Å²) >= 11 is 0. The summed E-state index contributed by atoms with van der Waals surface area (Å²) in [6, 6.07) is 3.37. The molecule has 2 aromatic heterocycles. The van der Waals surface area contributed by atoms with Crippen molar-refractivity contribution < 1.29 is 4.79 Å². The quantitative estimate of drug-likeness (QED) is 0.728. The van der Waals surface area contributed by atoms with Gasteiger partial charge in [-0.3, -0.25) is 9.36 Å². The van der Waals surface area contributed by atoms with Crippen molar-refractivity contribution in [3.8, 4) is 5.82 Å². The molecule has 0 radical (unpaired) electrons. The van der Waals surface area contributed by atoms with E-state index < -0.39 is 0 Å². The number of carbonyl (C=O) groups excluding carboxylic acids is 1. The molecular weight excluding hydrogens is 206 g/mol. The van der Waals surface area contributed by atoms with E-state index in [4.69, 9.17) is 0 Å². The summed E-state index contributed by atoms with van der Waals surface area (Å²) < 4.78 is 1.72. The van der Waals surface area contributed by atoms with Crippen molar-refractivity contribution in [1.29, 1.82) is 0 Å². The van der Waals surface area contributed by atoms with Crippen molar-refractivity contribution in [2.75, 3.05) is 14.1 Å². The van der Waals surface area contributed by atoms with Crippen molar-refractivity contribution in [1.82, 2.24) is 24.6 Å². The van der Waals surface area contributed by atoms with Gasteiger partial charge in [-0.1, -0.05) is 0 Å². The fraction of sp³-hybridized carbons (Fsp3) is 0.200. The molecule has 0 saturated carbocycles. The van der Waals surface area contributed by atoms with E-state index in [9.17, 15) is 4.79 Å². The summed E-state index contributed by atoms with van der Waals surface area (Å²) in [6.07, 6.45) is 5.04. The molecule has 2 aromatic rings. The summed E-state index contributed by atoms with van der Waals surface area (Å²) in [7, 11) is 3.35. The smallest absolute Gasteiger partial charge is 0.273 e. The summed E-state index contributed by atoms with van der Waals surface area (Å²) in [5.41, 5.74) is 0.328. The van der Waals surface area contributed by atoms with Gasteiger partial charge in [-0.05, 0) is 12.1 Å². The van der Waals surface area contributed by atoms with Crippen molar-refractivity contribution in [2.24, 2.45) is 0 Å². The molecule has 1 amide bonds. The molecule has 0 saturated heterocycles. The molecule has 0 bridgehead atoms. The zero-order valence-corrected chi connectivity index (χ0v) is 9.03. The Balaban J connectivity index is 2.27. The van der Waals surface area contributed by atoms with Crippen LogP contribution in [0.5, 0.6) is 0 Å². The molecule has 0 unspecified atom stereocenters. The highest BCUT2D eigenvalue weighted by atomic mass is 16.2. The lowest BCUT2D eigenvalue weighted by Gasteiger charge is -2.08. The Morgan fingerprint density at radius 3 is 2.62 bits per heavy atom. The van der Waals surface area contributed by atoms with Gasteiger partial charge in [0.1, 0.15) is 6.33 Å². The molecule has 0 atom stereocenters. The van der Waals surface area contributed by atoms with Crippen LogP contribution in [0.15, 0.2) is 30.9 Å². The summed E-state index contributed by atoms with van der Waals surface area (Å²) in [5, 5.41) is 7.82. The molecule has 0 N–H and O–H groups in total. The highest BCUT2D eigenvalue weighted by molar-refractivity contribution is 5.91. The molecule has 0 aromatic carbocycles. The van der Waals surface area contributed by atoms with Crippen LogP contribution in [0, 0.1) is 0 Å². The molecule has 6 nitrogen and oxygen atoms in total. The molecule has 2 rings (SSSR count). The van der Waals surface area contributed by atoms with Gasteiger partial charge in [0, 0.05) is 26.5 Å². The molecule has 0 aliphatic carbocycles. The average Bonchev–Trinajstić information content (AvgIpc) is 2.81. The van der Waals surface area contributed by atoms with Gasteiger partial charge in [-0.25, -0.2) is 4.98 Å². The maximum absolute atomic E-state index is 11.5. The van der Waals surface area contributed by atoms with Crippen LogP contribution in [0.4, 0.5) is 0 Å². The van der Waals surface area contributed by atoms with Gasteiger partial charge in [0.05, 0.1) is 0 Å². The Labute approximate surface area is 92.6 Å². The van der Waals surface area contributed by atoms with Gasteiger partial charge < -0.3 is 4.90 Å². The van der Waals surface area contributed by atoms with Gasteiger partial charge in [0.2, 0.25) is 0 Å². The minimum Gasteiger partial charge on any atom is -0.343 e. The van der Waals surface area contributed by atoms with E-state index in [0.717, 1.165) is 0 Å². The number of amides is 1. The van der Waals surface area contributed by atoms with E-state index in [1.54, 1.807) is 49.5 Å². The fourth-order valence-corrected chi connectivity index (χ4v) is 1.20. The molecule has 0 fully saturated rings. The third-order valence-corrected chi connectivity index (χ3v) is 2.04. The molecule has 0 aliphatic heterocycles. The zero-order valence-electron chi connectivity index (χ0n) is 9.03. The summed E-state index contributed by atoms with van der Waals surface area (Å²) in [5.74, 6) is 0.470. The Hall–Kier alpha value is -2.24. The first-order valence-corrected chi connectivity index (χ1v) is 4.72.